The van der Waals surface area contributed by atoms with Gasteiger partial charge >= 0.3 is 7.12 Å². The van der Waals surface area contributed by atoms with Crippen LogP contribution < -0.4 is 5.46 Å². The lowest BCUT2D eigenvalue weighted by Crippen LogP contribution is -2.41. The molecule has 0 unspecified atom stereocenters. The van der Waals surface area contributed by atoms with Gasteiger partial charge in [-0.1, -0.05) is 309 Å². The molecule has 0 N–H and O–H groups in total. The van der Waals surface area contributed by atoms with Crippen LogP contribution in [0, 0.1) is 0 Å². The third-order valence-electron chi connectivity index (χ3n) is 21.7. The van der Waals surface area contributed by atoms with Crippen molar-refractivity contribution in [3.63, 3.8) is 0 Å². The highest BCUT2D eigenvalue weighted by atomic mass is 35.5. The van der Waals surface area contributed by atoms with Crippen molar-refractivity contribution in [2.45, 2.75) is 38.9 Å². The second-order valence-electron chi connectivity index (χ2n) is 30.2. The fourth-order valence-corrected chi connectivity index (χ4v) is 14.8. The van der Waals surface area contributed by atoms with Gasteiger partial charge in [-0.3, -0.25) is 0 Å². The van der Waals surface area contributed by atoms with Gasteiger partial charge in [0.05, 0.1) is 34.0 Å². The molecule has 14 aromatic carbocycles. The van der Waals surface area contributed by atoms with E-state index in [1.165, 1.54) is 0 Å². The maximum atomic E-state index is 6.27. The first-order valence-electron chi connectivity index (χ1n) is 39.7. The van der Waals surface area contributed by atoms with Gasteiger partial charge in [-0.15, -0.1) is 0 Å². The summed E-state index contributed by atoms with van der Waals surface area (Å²) in [6.07, 6.45) is 0. The molecule has 0 spiro atoms. The van der Waals surface area contributed by atoms with Crippen molar-refractivity contribution in [2.75, 3.05) is 0 Å². The molecule has 120 heavy (non-hydrogen) atoms. The van der Waals surface area contributed by atoms with Crippen LogP contribution in [0.1, 0.15) is 27.7 Å². The van der Waals surface area contributed by atoms with E-state index in [0.717, 1.165) is 150 Å². The van der Waals surface area contributed by atoms with E-state index in [1.807, 2.05) is 255 Å². The van der Waals surface area contributed by atoms with E-state index in [0.29, 0.717) is 51.6 Å². The Morgan fingerprint density at radius 3 is 0.883 bits per heavy atom. The van der Waals surface area contributed by atoms with Crippen LogP contribution in [0.15, 0.2) is 385 Å². The fraction of sp³-hybridized carbons (Fsp3) is 0.0577. The lowest BCUT2D eigenvalue weighted by atomic mass is 9.78. The van der Waals surface area contributed by atoms with Gasteiger partial charge in [0, 0.05) is 87.8 Å². The van der Waals surface area contributed by atoms with Crippen LogP contribution in [0.2, 0.25) is 5.02 Å². The van der Waals surface area contributed by atoms with E-state index >= 15 is 0 Å². The SMILES string of the molecule is CC1(C)OB(c2cccc(-c3cc(-c4ccccc4)nc(-c4ccccc4)n3)c2)OC1(C)C.Clc1ccc(-c2nc(-c3ccccc3)nc(-c3ccc4c(c3)oc3ccccc34)n2)cc1.c1ccc(-c2cc(-c3cccc(-c4ccc(-c5nc(-c6ccccc6)nc(-c6ccc7c(c6)oc6ccccc67)n5)cc4)c3)nc(-c3ccccc3)n2)cc1. The molecule has 7 heterocycles. The molecule has 6 aromatic heterocycles. The maximum absolute atomic E-state index is 6.27. The van der Waals surface area contributed by atoms with Crippen LogP contribution in [0.3, 0.4) is 0 Å². The van der Waals surface area contributed by atoms with Crippen LogP contribution in [0.25, 0.3) is 191 Å². The Kier molecular flexibility index (Phi) is 20.5. The highest BCUT2D eigenvalue weighted by molar-refractivity contribution is 6.62. The minimum atomic E-state index is -0.418. The molecule has 574 valence electrons. The predicted octanol–water partition coefficient (Wildman–Crippen LogP) is 25.4. The zero-order chi connectivity index (χ0) is 81.1. The first-order valence-corrected chi connectivity index (χ1v) is 40.1. The Morgan fingerprint density at radius 1 is 0.208 bits per heavy atom. The third-order valence-corrected chi connectivity index (χ3v) is 22.0. The summed E-state index contributed by atoms with van der Waals surface area (Å²) >= 11 is 6.08. The van der Waals surface area contributed by atoms with Crippen LogP contribution in [-0.2, 0) is 9.31 Å². The summed E-state index contributed by atoms with van der Waals surface area (Å²) in [5.74, 6) is 4.97. The molecule has 1 aliphatic heterocycles. The maximum Gasteiger partial charge on any atom is 0.494 e. The standard InChI is InChI=1S/C49H31N5O.C28H27BN2O2.C27H16ClN3O/c1-4-13-33(14-5-1)42-31-43(51-46(50-42)34-15-6-2-7-16-34)38-20-12-19-37(29-38)32-23-25-36(26-24-32)48-52-47(35-17-8-3-9-18-35)53-49(54-48)39-27-28-41-40-21-10-11-22-44(40)55-45(41)30-39;1-27(2)28(3,4)33-29(32-27)23-17-11-16-22(18-23)25-19-24(20-12-7-5-8-13-20)30-26(31-25)21-14-9-6-10-15-21;28-20-13-10-18(11-14-20)26-29-25(17-6-2-1-3-7-17)30-27(31-26)19-12-15-22-21-8-4-5-9-23(21)32-24(22)16-19/h1-31H;5-19H,1-4H3;1-16H. The highest BCUT2D eigenvalue weighted by Crippen LogP contribution is 2.40. The zero-order valence-electron chi connectivity index (χ0n) is 65.9. The smallest absolute Gasteiger partial charge is 0.456 e. The van der Waals surface area contributed by atoms with Gasteiger partial charge in [0.25, 0.3) is 0 Å². The van der Waals surface area contributed by atoms with Crippen molar-refractivity contribution in [3.8, 4) is 147 Å². The summed E-state index contributed by atoms with van der Waals surface area (Å²) in [6, 6.07) is 126. The molecule has 0 amide bonds. The lowest BCUT2D eigenvalue weighted by Gasteiger charge is -2.32. The second-order valence-corrected chi connectivity index (χ2v) is 30.7. The van der Waals surface area contributed by atoms with Crippen molar-refractivity contribution in [1.82, 2.24) is 49.8 Å². The van der Waals surface area contributed by atoms with Crippen molar-refractivity contribution in [2.24, 2.45) is 0 Å². The summed E-state index contributed by atoms with van der Waals surface area (Å²) in [5.41, 5.74) is 20.6. The molecule has 0 saturated carbocycles. The van der Waals surface area contributed by atoms with E-state index < -0.39 is 7.12 Å². The first-order chi connectivity index (χ1) is 58.8. The molecule has 0 atom stereocenters. The average Bonchev–Trinajstić information content (AvgIpc) is 1.51. The molecule has 1 aliphatic rings. The van der Waals surface area contributed by atoms with Gasteiger partial charge in [0.1, 0.15) is 22.3 Å². The van der Waals surface area contributed by atoms with E-state index in [2.05, 4.69) is 149 Å². The number of rotatable bonds is 14. The summed E-state index contributed by atoms with van der Waals surface area (Å²) < 4.78 is 24.8. The molecule has 0 bridgehead atoms. The van der Waals surface area contributed by atoms with Crippen LogP contribution in [0.4, 0.5) is 0 Å². The molecular weight excluding hydrogens is 1500 g/mol. The van der Waals surface area contributed by atoms with Crippen LogP contribution in [0.5, 0.6) is 0 Å². The van der Waals surface area contributed by atoms with Crippen molar-refractivity contribution in [3.05, 3.63) is 381 Å². The van der Waals surface area contributed by atoms with Crippen LogP contribution in [-0.4, -0.2) is 68.2 Å². The largest absolute Gasteiger partial charge is 0.494 e. The molecule has 1 fully saturated rings. The zero-order valence-corrected chi connectivity index (χ0v) is 66.6. The molecule has 1 saturated heterocycles. The number of aromatic nitrogens is 10. The molecule has 14 nitrogen and oxygen atoms in total. The molecule has 16 heteroatoms. The van der Waals surface area contributed by atoms with Crippen molar-refractivity contribution in [1.29, 1.82) is 0 Å². The number of benzene rings is 14. The summed E-state index contributed by atoms with van der Waals surface area (Å²) in [6.45, 7) is 8.28. The van der Waals surface area contributed by atoms with Gasteiger partial charge in [0.2, 0.25) is 0 Å². The Bertz CT molecular complexity index is 6980. The summed E-state index contributed by atoms with van der Waals surface area (Å²) in [5, 5.41) is 4.98. The second kappa shape index (κ2) is 32.7. The van der Waals surface area contributed by atoms with Gasteiger partial charge in [0.15, 0.2) is 46.6 Å². The Balaban J connectivity index is 0.000000126. The molecule has 20 aromatic rings. The molecule has 0 radical (unpaired) electrons. The summed E-state index contributed by atoms with van der Waals surface area (Å²) in [7, 11) is -0.418. The highest BCUT2D eigenvalue weighted by Gasteiger charge is 2.51. The molecule has 21 rings (SSSR count). The van der Waals surface area contributed by atoms with Gasteiger partial charge in [-0.2, -0.15) is 0 Å². The van der Waals surface area contributed by atoms with Crippen molar-refractivity contribution >= 4 is 68.1 Å². The van der Waals surface area contributed by atoms with Crippen molar-refractivity contribution < 1.29 is 18.1 Å². The van der Waals surface area contributed by atoms with E-state index in [1.54, 1.807) is 0 Å². The number of furan rings is 2. The topological polar surface area (TPSA) is 174 Å². The van der Waals surface area contributed by atoms with Crippen LogP contribution >= 0.6 is 11.6 Å². The Morgan fingerprint density at radius 2 is 0.483 bits per heavy atom. The summed E-state index contributed by atoms with van der Waals surface area (Å²) in [4.78, 5) is 49.0. The van der Waals surface area contributed by atoms with Gasteiger partial charge in [-0.25, -0.2) is 49.8 Å². The van der Waals surface area contributed by atoms with E-state index in [9.17, 15) is 0 Å². The minimum Gasteiger partial charge on any atom is -0.456 e. The number of hydrogen-bond donors (Lipinski definition) is 0. The Labute approximate surface area is 698 Å². The van der Waals surface area contributed by atoms with E-state index in [4.69, 9.17) is 79.6 Å². The lowest BCUT2D eigenvalue weighted by molar-refractivity contribution is 0.00578. The first kappa shape index (κ1) is 75.2. The van der Waals surface area contributed by atoms with E-state index in [-0.39, 0.29) is 11.2 Å². The average molecular weight is 1570 g/mol. The number of para-hydroxylation sites is 2. The fourth-order valence-electron chi connectivity index (χ4n) is 14.7. The molecular formula is C104H74BClN10O4. The number of halogens is 1. The normalized spacial score (nSPS) is 12.8. The van der Waals surface area contributed by atoms with Gasteiger partial charge in [-0.05, 0) is 129 Å². The van der Waals surface area contributed by atoms with Gasteiger partial charge < -0.3 is 18.1 Å². The third kappa shape index (κ3) is 15.9. The monoisotopic (exact) mass is 1570 g/mol. The predicted molar refractivity (Wildman–Crippen MR) is 483 cm³/mol. The number of fused-ring (bicyclic) bond motifs is 6. The minimum absolute atomic E-state index is 0.385. The molecule has 0 aliphatic carbocycles. The number of nitrogens with zero attached hydrogens (tertiary/aromatic N) is 10. The Hall–Kier alpha value is -14.9. The quantitative estimate of drug-likeness (QED) is 0.0941. The number of hydrogen-bond acceptors (Lipinski definition) is 14.